The molecule has 0 unspecified atom stereocenters. The molecule has 1 aromatic rings. The van der Waals surface area contributed by atoms with E-state index in [0.717, 1.165) is 24.2 Å². The van der Waals surface area contributed by atoms with Crippen molar-refractivity contribution in [1.29, 1.82) is 0 Å². The summed E-state index contributed by atoms with van der Waals surface area (Å²) < 4.78 is 22.6. The van der Waals surface area contributed by atoms with Crippen LogP contribution in [-0.2, 0) is 9.05 Å². The first-order valence-electron chi connectivity index (χ1n) is 5.64. The highest BCUT2D eigenvalue weighted by Crippen LogP contribution is 2.29. The minimum atomic E-state index is -3.78. The molecule has 0 aliphatic carbocycles. The zero-order valence-corrected chi connectivity index (χ0v) is 12.9. The molecular weight excluding hydrogens is 294 g/mol. The predicted molar refractivity (Wildman–Crippen MR) is 73.9 cm³/mol. The van der Waals surface area contributed by atoms with E-state index < -0.39 is 9.05 Å². The third-order valence-corrected chi connectivity index (χ3v) is 6.09. The Morgan fingerprint density at radius 1 is 1.44 bits per heavy atom. The molecule has 1 amide bonds. The second-order valence-corrected chi connectivity index (χ2v) is 7.63. The Hall–Kier alpha value is -0.590. The van der Waals surface area contributed by atoms with Crippen LogP contribution >= 0.6 is 22.0 Å². The fraction of sp³-hybridized carbons (Fsp3) is 0.545. The first-order valence-corrected chi connectivity index (χ1v) is 8.83. The van der Waals surface area contributed by atoms with E-state index in [2.05, 4.69) is 5.32 Å². The molecule has 1 aromatic heterocycles. The maximum atomic E-state index is 12.0. The van der Waals surface area contributed by atoms with Gasteiger partial charge in [-0.15, -0.1) is 11.3 Å². The summed E-state index contributed by atoms with van der Waals surface area (Å²) in [6.07, 6.45) is 1.68. The third-order valence-electron chi connectivity index (χ3n) is 2.78. The molecule has 18 heavy (non-hydrogen) atoms. The Labute approximate surface area is 116 Å². The number of amides is 1. The van der Waals surface area contributed by atoms with Crippen molar-refractivity contribution in [2.45, 2.75) is 43.9 Å². The van der Waals surface area contributed by atoms with Gasteiger partial charge in [-0.1, -0.05) is 13.8 Å². The van der Waals surface area contributed by atoms with Crippen LogP contribution in [0.5, 0.6) is 0 Å². The van der Waals surface area contributed by atoms with E-state index in [1.807, 2.05) is 13.8 Å². The highest BCUT2D eigenvalue weighted by molar-refractivity contribution is 8.15. The Morgan fingerprint density at radius 2 is 2.00 bits per heavy atom. The maximum absolute atomic E-state index is 12.0. The summed E-state index contributed by atoms with van der Waals surface area (Å²) >= 11 is 0.973. The SMILES string of the molecule is CCC(CC)NC(=O)c1csc(S(=O)(=O)Cl)c1C. The molecule has 7 heteroatoms. The number of hydrogen-bond acceptors (Lipinski definition) is 4. The van der Waals surface area contributed by atoms with Gasteiger partial charge in [0.2, 0.25) is 0 Å². The van der Waals surface area contributed by atoms with Crippen molar-refractivity contribution in [1.82, 2.24) is 5.32 Å². The molecule has 4 nitrogen and oxygen atoms in total. The lowest BCUT2D eigenvalue weighted by Gasteiger charge is -2.14. The van der Waals surface area contributed by atoms with Crippen molar-refractivity contribution in [3.05, 3.63) is 16.5 Å². The van der Waals surface area contributed by atoms with Gasteiger partial charge in [0.1, 0.15) is 4.21 Å². The second kappa shape index (κ2) is 6.04. The van der Waals surface area contributed by atoms with Crippen LogP contribution in [0.3, 0.4) is 0 Å². The molecule has 0 fully saturated rings. The maximum Gasteiger partial charge on any atom is 0.271 e. The monoisotopic (exact) mass is 309 g/mol. The lowest BCUT2D eigenvalue weighted by Crippen LogP contribution is -2.33. The normalized spacial score (nSPS) is 11.8. The van der Waals surface area contributed by atoms with Gasteiger partial charge in [0.25, 0.3) is 15.0 Å². The van der Waals surface area contributed by atoms with Crippen LogP contribution in [0.15, 0.2) is 9.59 Å². The van der Waals surface area contributed by atoms with Gasteiger partial charge in [0, 0.05) is 22.1 Å². The molecule has 0 aliphatic heterocycles. The van der Waals surface area contributed by atoms with E-state index in [9.17, 15) is 13.2 Å². The molecule has 1 rings (SSSR count). The molecule has 0 saturated heterocycles. The van der Waals surface area contributed by atoms with E-state index in [-0.39, 0.29) is 16.2 Å². The number of rotatable bonds is 5. The summed E-state index contributed by atoms with van der Waals surface area (Å²) in [5, 5.41) is 4.40. The van der Waals surface area contributed by atoms with Gasteiger partial charge < -0.3 is 5.32 Å². The minimum Gasteiger partial charge on any atom is -0.349 e. The molecular formula is C11H16ClNO3S2. The fourth-order valence-electron chi connectivity index (χ4n) is 1.62. The number of nitrogens with one attached hydrogen (secondary N) is 1. The Bertz CT molecular complexity index is 532. The molecule has 0 spiro atoms. The number of carbonyl (C=O) groups excluding carboxylic acids is 1. The highest BCUT2D eigenvalue weighted by atomic mass is 35.7. The topological polar surface area (TPSA) is 63.2 Å². The molecule has 0 bridgehead atoms. The lowest BCUT2D eigenvalue weighted by molar-refractivity contribution is 0.0934. The van der Waals surface area contributed by atoms with Gasteiger partial charge in [-0.05, 0) is 25.3 Å². The van der Waals surface area contributed by atoms with Gasteiger partial charge in [-0.3, -0.25) is 4.79 Å². The van der Waals surface area contributed by atoms with Crippen LogP contribution in [0.25, 0.3) is 0 Å². The first kappa shape index (κ1) is 15.5. The minimum absolute atomic E-state index is 0.0406. The van der Waals surface area contributed by atoms with Crippen molar-refractivity contribution < 1.29 is 13.2 Å². The second-order valence-electron chi connectivity index (χ2n) is 3.99. The Kier molecular flexibility index (Phi) is 5.19. The summed E-state index contributed by atoms with van der Waals surface area (Å²) in [6.45, 7) is 5.57. The van der Waals surface area contributed by atoms with Crippen molar-refractivity contribution in [3.8, 4) is 0 Å². The Morgan fingerprint density at radius 3 is 2.39 bits per heavy atom. The van der Waals surface area contributed by atoms with E-state index in [1.165, 1.54) is 5.38 Å². The fourth-order valence-corrected chi connectivity index (χ4v) is 4.17. The standard InChI is InChI=1S/C11H16ClNO3S2/c1-4-8(5-2)13-10(14)9-6-17-11(7(9)3)18(12,15)16/h6,8H,4-5H2,1-3H3,(H,13,14). The number of carbonyl (C=O) groups is 1. The van der Waals surface area contributed by atoms with Crippen molar-refractivity contribution >= 4 is 37.0 Å². The van der Waals surface area contributed by atoms with Crippen molar-refractivity contribution in [3.63, 3.8) is 0 Å². The first-order chi connectivity index (χ1) is 8.31. The van der Waals surface area contributed by atoms with Crippen LogP contribution in [-0.4, -0.2) is 20.4 Å². The predicted octanol–water partition coefficient (Wildman–Crippen LogP) is 2.90. The summed E-state index contributed by atoms with van der Waals surface area (Å²) in [6, 6.07) is 0.104. The molecule has 0 saturated carbocycles. The Balaban J connectivity index is 2.99. The molecule has 1 heterocycles. The quantitative estimate of drug-likeness (QED) is 0.851. The largest absolute Gasteiger partial charge is 0.349 e. The van der Waals surface area contributed by atoms with E-state index in [0.29, 0.717) is 11.1 Å². The molecule has 0 atom stereocenters. The van der Waals surface area contributed by atoms with Crippen molar-refractivity contribution in [2.24, 2.45) is 0 Å². The zero-order valence-electron chi connectivity index (χ0n) is 10.5. The van der Waals surface area contributed by atoms with Crippen LogP contribution in [0.1, 0.15) is 42.6 Å². The van der Waals surface area contributed by atoms with E-state index >= 15 is 0 Å². The third kappa shape index (κ3) is 3.46. The van der Waals surface area contributed by atoms with Gasteiger partial charge in [0.05, 0.1) is 5.56 Å². The summed E-state index contributed by atoms with van der Waals surface area (Å²) in [5.74, 6) is -0.246. The highest BCUT2D eigenvalue weighted by Gasteiger charge is 2.22. The van der Waals surface area contributed by atoms with Gasteiger partial charge in [-0.25, -0.2) is 8.42 Å². The lowest BCUT2D eigenvalue weighted by atomic mass is 10.1. The molecule has 1 N–H and O–H groups in total. The molecule has 0 aromatic carbocycles. The molecule has 0 aliphatic rings. The average Bonchev–Trinajstić information content (AvgIpc) is 2.67. The van der Waals surface area contributed by atoms with E-state index in [1.54, 1.807) is 6.92 Å². The molecule has 0 radical (unpaired) electrons. The zero-order chi connectivity index (χ0) is 13.9. The van der Waals surface area contributed by atoms with Gasteiger partial charge in [-0.2, -0.15) is 0 Å². The van der Waals surface area contributed by atoms with Gasteiger partial charge in [0.15, 0.2) is 0 Å². The van der Waals surface area contributed by atoms with Gasteiger partial charge >= 0.3 is 0 Å². The summed E-state index contributed by atoms with van der Waals surface area (Å²) in [4.78, 5) is 12.0. The smallest absolute Gasteiger partial charge is 0.271 e. The molecule has 102 valence electrons. The van der Waals surface area contributed by atoms with Crippen LogP contribution < -0.4 is 5.32 Å². The van der Waals surface area contributed by atoms with Crippen LogP contribution in [0.2, 0.25) is 0 Å². The number of halogens is 1. The number of hydrogen-bond donors (Lipinski definition) is 1. The van der Waals surface area contributed by atoms with Crippen molar-refractivity contribution in [2.75, 3.05) is 0 Å². The average molecular weight is 310 g/mol. The van der Waals surface area contributed by atoms with Crippen LogP contribution in [0.4, 0.5) is 0 Å². The van der Waals surface area contributed by atoms with Crippen LogP contribution in [0, 0.1) is 6.92 Å². The summed E-state index contributed by atoms with van der Waals surface area (Å²) in [7, 11) is 1.52. The summed E-state index contributed by atoms with van der Waals surface area (Å²) in [5.41, 5.74) is 0.796. The van der Waals surface area contributed by atoms with E-state index in [4.69, 9.17) is 10.7 Å². The number of thiophene rings is 1.